The summed E-state index contributed by atoms with van der Waals surface area (Å²) in [7, 11) is 0. The van der Waals surface area contributed by atoms with Crippen molar-refractivity contribution in [3.63, 3.8) is 0 Å². The smallest absolute Gasteiger partial charge is 0.0451 e. The van der Waals surface area contributed by atoms with Crippen molar-refractivity contribution >= 4 is 0 Å². The van der Waals surface area contributed by atoms with E-state index in [2.05, 4.69) is 42.0 Å². The van der Waals surface area contributed by atoms with E-state index in [9.17, 15) is 0 Å². The zero-order valence-electron chi connectivity index (χ0n) is 9.99. The minimum atomic E-state index is 0.862. The number of rotatable bonds is 2. The zero-order chi connectivity index (χ0) is 11.5. The van der Waals surface area contributed by atoms with Gasteiger partial charge in [-0.3, -0.25) is 9.97 Å². The molecule has 0 atom stereocenters. The lowest BCUT2D eigenvalue weighted by molar-refractivity contribution is 0.993. The summed E-state index contributed by atoms with van der Waals surface area (Å²) in [6, 6.07) is 8.31. The summed E-state index contributed by atoms with van der Waals surface area (Å²) >= 11 is 0. The van der Waals surface area contributed by atoms with Crippen LogP contribution in [0.1, 0.15) is 28.2 Å². The van der Waals surface area contributed by atoms with Gasteiger partial charge in [-0.25, -0.2) is 0 Å². The predicted molar refractivity (Wildman–Crippen MR) is 65.5 cm³/mol. The highest BCUT2D eigenvalue weighted by Gasteiger charge is 2.02. The number of aryl methyl sites for hydroxylation is 3. The molecule has 0 fully saturated rings. The van der Waals surface area contributed by atoms with E-state index in [1.165, 1.54) is 11.1 Å². The first-order valence-electron chi connectivity index (χ1n) is 5.50. The maximum absolute atomic E-state index is 4.58. The second-order valence-electron chi connectivity index (χ2n) is 4.13. The van der Waals surface area contributed by atoms with E-state index < -0.39 is 0 Å². The van der Waals surface area contributed by atoms with Crippen LogP contribution < -0.4 is 0 Å². The maximum atomic E-state index is 4.58. The molecule has 0 spiro atoms. The summed E-state index contributed by atoms with van der Waals surface area (Å²) in [5.41, 5.74) is 5.80. The lowest BCUT2D eigenvalue weighted by atomic mass is 10.1. The standard InChI is InChI=1S/C14H16N2/c1-10-6-7-14(16-11(10)2)9-13-5-4-8-15-12(13)3/h4-8H,9H2,1-3H3. The van der Waals surface area contributed by atoms with Gasteiger partial charge in [0.05, 0.1) is 0 Å². The van der Waals surface area contributed by atoms with E-state index in [0.717, 1.165) is 23.5 Å². The average Bonchev–Trinajstić information content (AvgIpc) is 2.27. The molecule has 0 aliphatic carbocycles. The highest BCUT2D eigenvalue weighted by atomic mass is 14.7. The summed E-state index contributed by atoms with van der Waals surface area (Å²) in [4.78, 5) is 8.87. The molecule has 2 heterocycles. The molecule has 0 saturated carbocycles. The van der Waals surface area contributed by atoms with Crippen molar-refractivity contribution in [3.8, 4) is 0 Å². The Kier molecular flexibility index (Phi) is 3.00. The van der Waals surface area contributed by atoms with Gasteiger partial charge in [0.15, 0.2) is 0 Å². The molecule has 2 aromatic rings. The Morgan fingerprint density at radius 2 is 1.81 bits per heavy atom. The van der Waals surface area contributed by atoms with Crippen molar-refractivity contribution in [1.29, 1.82) is 0 Å². The minimum absolute atomic E-state index is 0.862. The SMILES string of the molecule is Cc1ccc(Cc2cccnc2C)nc1C. The molecule has 2 nitrogen and oxygen atoms in total. The van der Waals surface area contributed by atoms with Crippen LogP contribution in [0.3, 0.4) is 0 Å². The lowest BCUT2D eigenvalue weighted by Crippen LogP contribution is -1.98. The summed E-state index contributed by atoms with van der Waals surface area (Å²) in [5, 5.41) is 0. The van der Waals surface area contributed by atoms with Gasteiger partial charge in [-0.05, 0) is 44.0 Å². The molecule has 0 aliphatic rings. The highest BCUT2D eigenvalue weighted by Crippen LogP contribution is 2.12. The number of nitrogens with zero attached hydrogens (tertiary/aromatic N) is 2. The number of aromatic nitrogens is 2. The van der Waals surface area contributed by atoms with Gasteiger partial charge in [0.25, 0.3) is 0 Å². The molecule has 0 saturated heterocycles. The Hall–Kier alpha value is -1.70. The van der Waals surface area contributed by atoms with Gasteiger partial charge in [-0.15, -0.1) is 0 Å². The van der Waals surface area contributed by atoms with Crippen molar-refractivity contribution < 1.29 is 0 Å². The molecule has 82 valence electrons. The van der Waals surface area contributed by atoms with Gasteiger partial charge < -0.3 is 0 Å². The highest BCUT2D eigenvalue weighted by molar-refractivity contribution is 5.27. The Morgan fingerprint density at radius 3 is 2.50 bits per heavy atom. The van der Waals surface area contributed by atoms with Gasteiger partial charge >= 0.3 is 0 Å². The molecular formula is C14H16N2. The fraction of sp³-hybridized carbons (Fsp3) is 0.286. The van der Waals surface area contributed by atoms with Gasteiger partial charge in [-0.2, -0.15) is 0 Å². The molecule has 0 amide bonds. The van der Waals surface area contributed by atoms with E-state index in [1.807, 2.05) is 19.2 Å². The van der Waals surface area contributed by atoms with Crippen molar-refractivity contribution in [3.05, 3.63) is 58.7 Å². The molecule has 2 rings (SSSR count). The number of pyridine rings is 2. The first kappa shape index (κ1) is 10.8. The first-order valence-corrected chi connectivity index (χ1v) is 5.50. The van der Waals surface area contributed by atoms with Gasteiger partial charge in [0, 0.05) is 29.7 Å². The van der Waals surface area contributed by atoms with Crippen LogP contribution in [0.4, 0.5) is 0 Å². The van der Waals surface area contributed by atoms with Crippen molar-refractivity contribution in [2.24, 2.45) is 0 Å². The quantitative estimate of drug-likeness (QED) is 0.764. The summed E-state index contributed by atoms with van der Waals surface area (Å²) in [6.45, 7) is 6.17. The van der Waals surface area contributed by atoms with E-state index in [0.29, 0.717) is 0 Å². The molecule has 0 aromatic carbocycles. The molecule has 0 unspecified atom stereocenters. The van der Waals surface area contributed by atoms with Crippen LogP contribution in [0.2, 0.25) is 0 Å². The summed E-state index contributed by atoms with van der Waals surface area (Å²) in [6.07, 6.45) is 2.69. The molecule has 0 aliphatic heterocycles. The maximum Gasteiger partial charge on any atom is 0.0451 e. The van der Waals surface area contributed by atoms with Gasteiger partial charge in [0.1, 0.15) is 0 Å². The molecule has 2 heteroatoms. The Morgan fingerprint density at radius 1 is 1.00 bits per heavy atom. The van der Waals surface area contributed by atoms with Crippen molar-refractivity contribution in [2.75, 3.05) is 0 Å². The molecular weight excluding hydrogens is 196 g/mol. The van der Waals surface area contributed by atoms with E-state index >= 15 is 0 Å². The van der Waals surface area contributed by atoms with Crippen molar-refractivity contribution in [2.45, 2.75) is 27.2 Å². The lowest BCUT2D eigenvalue weighted by Gasteiger charge is -2.06. The number of hydrogen-bond donors (Lipinski definition) is 0. The van der Waals surface area contributed by atoms with Crippen LogP contribution in [-0.4, -0.2) is 9.97 Å². The topological polar surface area (TPSA) is 25.8 Å². The van der Waals surface area contributed by atoms with E-state index in [1.54, 1.807) is 0 Å². The normalized spacial score (nSPS) is 10.4. The predicted octanol–water partition coefficient (Wildman–Crippen LogP) is 2.99. The third kappa shape index (κ3) is 2.27. The molecule has 0 N–H and O–H groups in total. The van der Waals surface area contributed by atoms with Crippen LogP contribution in [0.25, 0.3) is 0 Å². The van der Waals surface area contributed by atoms with Crippen molar-refractivity contribution in [1.82, 2.24) is 9.97 Å². The number of hydrogen-bond acceptors (Lipinski definition) is 2. The monoisotopic (exact) mass is 212 g/mol. The van der Waals surface area contributed by atoms with Crippen LogP contribution >= 0.6 is 0 Å². The zero-order valence-corrected chi connectivity index (χ0v) is 9.99. The molecule has 0 bridgehead atoms. The Labute approximate surface area is 96.4 Å². The first-order chi connectivity index (χ1) is 7.66. The van der Waals surface area contributed by atoms with Crippen LogP contribution in [-0.2, 0) is 6.42 Å². The molecule has 2 aromatic heterocycles. The van der Waals surface area contributed by atoms with E-state index in [4.69, 9.17) is 0 Å². The molecule has 16 heavy (non-hydrogen) atoms. The average molecular weight is 212 g/mol. The van der Waals surface area contributed by atoms with Gasteiger partial charge in [-0.1, -0.05) is 12.1 Å². The summed E-state index contributed by atoms with van der Waals surface area (Å²) in [5.74, 6) is 0. The van der Waals surface area contributed by atoms with Crippen LogP contribution in [0, 0.1) is 20.8 Å². The minimum Gasteiger partial charge on any atom is -0.261 e. The second kappa shape index (κ2) is 4.44. The molecule has 0 radical (unpaired) electrons. The Bertz CT molecular complexity index is 504. The third-order valence-electron chi connectivity index (χ3n) is 2.90. The largest absolute Gasteiger partial charge is 0.261 e. The second-order valence-corrected chi connectivity index (χ2v) is 4.13. The fourth-order valence-electron chi connectivity index (χ4n) is 1.68. The Balaban J connectivity index is 2.28. The fourth-order valence-corrected chi connectivity index (χ4v) is 1.68. The third-order valence-corrected chi connectivity index (χ3v) is 2.90. The van der Waals surface area contributed by atoms with Crippen LogP contribution in [0.5, 0.6) is 0 Å². The van der Waals surface area contributed by atoms with Crippen LogP contribution in [0.15, 0.2) is 30.5 Å². The summed E-state index contributed by atoms with van der Waals surface area (Å²) < 4.78 is 0. The van der Waals surface area contributed by atoms with Gasteiger partial charge in [0.2, 0.25) is 0 Å². The van der Waals surface area contributed by atoms with E-state index in [-0.39, 0.29) is 0 Å².